The smallest absolute Gasteiger partial charge is 0.345 e. The normalized spacial score (nSPS) is 11.5. The number of non-ortho nitro benzene ring substituents is 1. The second kappa shape index (κ2) is 10.5. The number of hydrazone groups is 1. The van der Waals surface area contributed by atoms with E-state index in [2.05, 4.69) is 17.5 Å². The molecule has 0 aliphatic carbocycles. The van der Waals surface area contributed by atoms with Crippen molar-refractivity contribution in [3.8, 4) is 5.75 Å². The lowest BCUT2D eigenvalue weighted by Gasteiger charge is -2.08. The van der Waals surface area contributed by atoms with E-state index < -0.39 is 16.5 Å². The summed E-state index contributed by atoms with van der Waals surface area (Å²) in [6, 6.07) is 9.93. The Morgan fingerprint density at radius 2 is 1.88 bits per heavy atom. The largest absolute Gasteiger partial charge is 0.508 e. The topological polar surface area (TPSA) is 135 Å². The van der Waals surface area contributed by atoms with Crippen LogP contribution in [0.25, 0.3) is 11.0 Å². The van der Waals surface area contributed by atoms with Crippen molar-refractivity contribution >= 4 is 28.3 Å². The maximum atomic E-state index is 12.4. The fraction of sp³-hybridized carbons (Fsp3) is 0.292. The van der Waals surface area contributed by atoms with Crippen molar-refractivity contribution in [3.63, 3.8) is 0 Å². The van der Waals surface area contributed by atoms with Crippen LogP contribution in [0.5, 0.6) is 5.75 Å². The summed E-state index contributed by atoms with van der Waals surface area (Å²) >= 11 is 0. The van der Waals surface area contributed by atoms with Crippen LogP contribution in [-0.4, -0.2) is 21.6 Å². The predicted molar refractivity (Wildman–Crippen MR) is 125 cm³/mol. The van der Waals surface area contributed by atoms with E-state index in [-0.39, 0.29) is 33.9 Å². The average Bonchev–Trinajstić information content (AvgIpc) is 2.80. The lowest BCUT2D eigenvalue weighted by atomic mass is 10.0. The number of nitrogens with zero attached hydrogens (tertiary/aromatic N) is 2. The van der Waals surface area contributed by atoms with Gasteiger partial charge in [0, 0.05) is 29.1 Å². The first kappa shape index (κ1) is 23.6. The van der Waals surface area contributed by atoms with Crippen LogP contribution in [0, 0.1) is 10.1 Å². The van der Waals surface area contributed by atoms with Crippen LogP contribution in [0.15, 0.2) is 56.8 Å². The Labute approximate surface area is 189 Å². The number of carbonyl (C=O) groups excluding carboxylic acids is 1. The molecule has 0 saturated carbocycles. The summed E-state index contributed by atoms with van der Waals surface area (Å²) in [7, 11) is 0. The number of aromatic hydroxyl groups is 1. The number of amides is 1. The minimum absolute atomic E-state index is 0.0932. The molecule has 9 nitrogen and oxygen atoms in total. The molecule has 0 aliphatic heterocycles. The van der Waals surface area contributed by atoms with Crippen LogP contribution in [0.2, 0.25) is 0 Å². The highest BCUT2D eigenvalue weighted by atomic mass is 16.6. The number of hydrogen-bond acceptors (Lipinski definition) is 7. The molecule has 3 aromatic rings. The standard InChI is InChI=1S/C24H25N3O6/c1-3-4-5-6-7-17-12-18-13-20(24(30)33-22(18)14-21(17)28)15(2)25-26-23(29)16-8-10-19(11-9-16)27(31)32/h8-14,28H,3-7H2,1-2H3,(H,26,29)/b25-15+. The number of aryl methyl sites for hydroxylation is 1. The van der Waals surface area contributed by atoms with Crippen LogP contribution in [-0.2, 0) is 6.42 Å². The molecule has 0 fully saturated rings. The van der Waals surface area contributed by atoms with Crippen LogP contribution in [0.3, 0.4) is 0 Å². The number of phenols is 1. The molecule has 3 rings (SSSR count). The Kier molecular flexibility index (Phi) is 7.55. The third-order valence-electron chi connectivity index (χ3n) is 5.29. The third-order valence-corrected chi connectivity index (χ3v) is 5.29. The molecule has 9 heteroatoms. The van der Waals surface area contributed by atoms with E-state index in [1.165, 1.54) is 30.3 Å². The van der Waals surface area contributed by atoms with Gasteiger partial charge in [0.15, 0.2) is 0 Å². The zero-order valence-corrected chi connectivity index (χ0v) is 18.5. The molecule has 0 aliphatic rings. The second-order valence-electron chi connectivity index (χ2n) is 7.72. The number of nitro benzene ring substituents is 1. The molecule has 1 aromatic heterocycles. The molecule has 0 unspecified atom stereocenters. The van der Waals surface area contributed by atoms with Crippen molar-refractivity contribution in [2.75, 3.05) is 0 Å². The van der Waals surface area contributed by atoms with E-state index in [1.807, 2.05) is 0 Å². The number of carbonyl (C=O) groups is 1. The summed E-state index contributed by atoms with van der Waals surface area (Å²) in [6.07, 6.45) is 5.00. The number of benzene rings is 2. The second-order valence-corrected chi connectivity index (χ2v) is 7.72. The van der Waals surface area contributed by atoms with E-state index in [1.54, 1.807) is 19.1 Å². The van der Waals surface area contributed by atoms with Crippen LogP contribution < -0.4 is 11.1 Å². The van der Waals surface area contributed by atoms with Gasteiger partial charge in [-0.15, -0.1) is 0 Å². The summed E-state index contributed by atoms with van der Waals surface area (Å²) in [6.45, 7) is 3.69. The Hall–Kier alpha value is -4.01. The molecule has 1 heterocycles. The summed E-state index contributed by atoms with van der Waals surface area (Å²) in [5.74, 6) is -0.482. The minimum atomic E-state index is -0.650. The van der Waals surface area contributed by atoms with Crippen molar-refractivity contribution in [2.24, 2.45) is 5.10 Å². The number of nitrogens with one attached hydrogen (secondary N) is 1. The van der Waals surface area contributed by atoms with Gasteiger partial charge in [-0.3, -0.25) is 14.9 Å². The third kappa shape index (κ3) is 5.82. The number of fused-ring (bicyclic) bond motifs is 1. The van der Waals surface area contributed by atoms with Gasteiger partial charge in [-0.25, -0.2) is 10.2 Å². The molecule has 0 atom stereocenters. The van der Waals surface area contributed by atoms with Gasteiger partial charge in [0.25, 0.3) is 11.6 Å². The molecule has 0 saturated heterocycles. The quantitative estimate of drug-likeness (QED) is 0.159. The Bertz CT molecular complexity index is 1260. The summed E-state index contributed by atoms with van der Waals surface area (Å²) in [5.41, 5.74) is 3.20. The van der Waals surface area contributed by atoms with Gasteiger partial charge in [0.05, 0.1) is 16.2 Å². The SMILES string of the molecule is CCCCCCc1cc2cc(/C(C)=N/NC(=O)c3ccc([N+](=O)[O-])cc3)c(=O)oc2cc1O. The zero-order valence-electron chi connectivity index (χ0n) is 18.5. The van der Waals surface area contributed by atoms with Crippen molar-refractivity contribution < 1.29 is 19.2 Å². The van der Waals surface area contributed by atoms with E-state index in [4.69, 9.17) is 4.42 Å². The summed E-state index contributed by atoms with van der Waals surface area (Å²) in [4.78, 5) is 34.9. The van der Waals surface area contributed by atoms with E-state index >= 15 is 0 Å². The van der Waals surface area contributed by atoms with Crippen molar-refractivity contribution in [2.45, 2.75) is 46.0 Å². The Morgan fingerprint density at radius 1 is 1.15 bits per heavy atom. The molecule has 0 spiro atoms. The zero-order chi connectivity index (χ0) is 24.0. The Balaban J connectivity index is 1.80. The van der Waals surface area contributed by atoms with Crippen LogP contribution >= 0.6 is 0 Å². The summed E-state index contributed by atoms with van der Waals surface area (Å²) < 4.78 is 5.35. The first-order chi connectivity index (χ1) is 15.8. The highest BCUT2D eigenvalue weighted by Gasteiger charge is 2.13. The fourth-order valence-corrected chi connectivity index (χ4v) is 3.39. The summed E-state index contributed by atoms with van der Waals surface area (Å²) in [5, 5.41) is 25.6. The molecule has 2 aromatic carbocycles. The van der Waals surface area contributed by atoms with Gasteiger partial charge in [0.1, 0.15) is 11.3 Å². The van der Waals surface area contributed by atoms with E-state index in [0.717, 1.165) is 31.2 Å². The number of rotatable bonds is 9. The van der Waals surface area contributed by atoms with Crippen LogP contribution in [0.4, 0.5) is 5.69 Å². The highest BCUT2D eigenvalue weighted by molar-refractivity contribution is 6.02. The predicted octanol–water partition coefficient (Wildman–Crippen LogP) is 4.68. The van der Waals surface area contributed by atoms with Gasteiger partial charge in [-0.2, -0.15) is 5.10 Å². The lowest BCUT2D eigenvalue weighted by Crippen LogP contribution is -2.21. The average molecular weight is 451 g/mol. The van der Waals surface area contributed by atoms with Gasteiger partial charge in [-0.05, 0) is 49.6 Å². The number of nitro groups is 1. The molecular formula is C24H25N3O6. The Morgan fingerprint density at radius 3 is 2.55 bits per heavy atom. The van der Waals surface area contributed by atoms with Crippen LogP contribution in [0.1, 0.15) is 61.0 Å². The molecule has 172 valence electrons. The van der Waals surface area contributed by atoms with Crippen molar-refractivity contribution in [1.82, 2.24) is 5.43 Å². The lowest BCUT2D eigenvalue weighted by molar-refractivity contribution is -0.384. The molecule has 0 bridgehead atoms. The molecule has 33 heavy (non-hydrogen) atoms. The van der Waals surface area contributed by atoms with Crippen molar-refractivity contribution in [3.05, 3.63) is 79.7 Å². The highest BCUT2D eigenvalue weighted by Crippen LogP contribution is 2.26. The molecular weight excluding hydrogens is 426 g/mol. The minimum Gasteiger partial charge on any atom is -0.508 e. The molecule has 1 amide bonds. The van der Waals surface area contributed by atoms with Gasteiger partial charge in [-0.1, -0.05) is 26.2 Å². The maximum absolute atomic E-state index is 12.4. The van der Waals surface area contributed by atoms with Gasteiger partial charge < -0.3 is 9.52 Å². The first-order valence-corrected chi connectivity index (χ1v) is 10.7. The monoisotopic (exact) mass is 451 g/mol. The van der Waals surface area contributed by atoms with Gasteiger partial charge >= 0.3 is 5.63 Å². The van der Waals surface area contributed by atoms with Gasteiger partial charge in [0.2, 0.25) is 0 Å². The molecule has 0 radical (unpaired) electrons. The van der Waals surface area contributed by atoms with E-state index in [9.17, 15) is 24.8 Å². The number of hydrogen-bond donors (Lipinski definition) is 2. The maximum Gasteiger partial charge on any atom is 0.345 e. The molecule has 2 N–H and O–H groups in total. The van der Waals surface area contributed by atoms with E-state index in [0.29, 0.717) is 11.8 Å². The number of unbranched alkanes of at least 4 members (excludes halogenated alkanes) is 3. The first-order valence-electron chi connectivity index (χ1n) is 10.7. The fourth-order valence-electron chi connectivity index (χ4n) is 3.39. The van der Waals surface area contributed by atoms with Crippen molar-refractivity contribution in [1.29, 1.82) is 0 Å². The number of phenolic OH excluding ortho intramolecular Hbond substituents is 1.